The third-order valence-corrected chi connectivity index (χ3v) is 2.68. The van der Waals surface area contributed by atoms with Crippen LogP contribution >= 0.6 is 22.6 Å². The van der Waals surface area contributed by atoms with Gasteiger partial charge >= 0.3 is 0 Å². The molecule has 0 aliphatic carbocycles. The lowest BCUT2D eigenvalue weighted by molar-refractivity contribution is 0.0950. The predicted octanol–water partition coefficient (Wildman–Crippen LogP) is 2.21. The Labute approximate surface area is 106 Å². The largest absolute Gasteiger partial charge is 0.364 e. The van der Waals surface area contributed by atoms with Gasteiger partial charge in [0.05, 0.1) is 6.54 Å². The highest BCUT2D eigenvalue weighted by atomic mass is 127. The number of carbonyl (C=O) groups excluding carboxylic acids is 1. The van der Waals surface area contributed by atoms with Gasteiger partial charge in [0.15, 0.2) is 0 Å². The molecule has 1 aromatic carbocycles. The molecule has 16 heavy (non-hydrogen) atoms. The summed E-state index contributed by atoms with van der Waals surface area (Å²) in [6, 6.07) is 9.12. The first-order chi connectivity index (χ1) is 7.75. The lowest BCUT2D eigenvalue weighted by Crippen LogP contribution is -2.22. The number of hydrogen-bond acceptors (Lipinski definition) is 3. The smallest absolute Gasteiger partial charge is 0.251 e. The summed E-state index contributed by atoms with van der Waals surface area (Å²) in [5, 5.41) is 6.47. The highest BCUT2D eigenvalue weighted by Crippen LogP contribution is 2.07. The summed E-state index contributed by atoms with van der Waals surface area (Å²) in [5.41, 5.74) is 1.36. The van der Waals surface area contributed by atoms with Crippen molar-refractivity contribution in [1.82, 2.24) is 10.5 Å². The van der Waals surface area contributed by atoms with Crippen LogP contribution in [0.1, 0.15) is 16.1 Å². The van der Waals surface area contributed by atoms with Crippen LogP contribution in [0.5, 0.6) is 0 Å². The number of benzene rings is 1. The minimum Gasteiger partial charge on any atom is -0.364 e. The summed E-state index contributed by atoms with van der Waals surface area (Å²) in [7, 11) is 0. The Balaban J connectivity index is 1.98. The van der Waals surface area contributed by atoms with Crippen LogP contribution in [0.2, 0.25) is 0 Å². The van der Waals surface area contributed by atoms with Crippen molar-refractivity contribution in [2.45, 2.75) is 6.54 Å². The lowest BCUT2D eigenvalue weighted by Gasteiger charge is -2.02. The van der Waals surface area contributed by atoms with Gasteiger partial charge in [0.25, 0.3) is 5.91 Å². The zero-order valence-electron chi connectivity index (χ0n) is 8.31. The summed E-state index contributed by atoms with van der Waals surface area (Å²) in [5.74, 6) is -0.110. The predicted molar refractivity (Wildman–Crippen MR) is 66.8 cm³/mol. The molecule has 2 aromatic rings. The van der Waals surface area contributed by atoms with E-state index >= 15 is 0 Å². The van der Waals surface area contributed by atoms with Crippen molar-refractivity contribution in [3.63, 3.8) is 0 Å². The fourth-order valence-corrected chi connectivity index (χ4v) is 1.77. The summed E-state index contributed by atoms with van der Waals surface area (Å²) >= 11 is 2.17. The molecule has 1 N–H and O–H groups in total. The maximum atomic E-state index is 11.7. The Bertz CT molecular complexity index is 482. The molecule has 0 atom stereocenters. The molecule has 0 fully saturated rings. The molecule has 82 valence electrons. The second-order valence-corrected chi connectivity index (χ2v) is 4.43. The third kappa shape index (κ3) is 2.82. The molecule has 0 saturated carbocycles. The molecule has 1 aromatic heterocycles. The summed E-state index contributed by atoms with van der Waals surface area (Å²) < 4.78 is 5.70. The highest BCUT2D eigenvalue weighted by Gasteiger charge is 2.05. The van der Waals surface area contributed by atoms with Gasteiger partial charge in [-0.3, -0.25) is 4.79 Å². The summed E-state index contributed by atoms with van der Waals surface area (Å²) in [6.45, 7) is 0.376. The zero-order valence-corrected chi connectivity index (χ0v) is 10.5. The standard InChI is InChI=1S/C11H9IN2O2/c12-9-3-1-2-8(6-9)11(15)13-7-10-4-5-16-14-10/h1-6H,7H2,(H,13,15). The fourth-order valence-electron chi connectivity index (χ4n) is 1.23. The number of halogens is 1. The van der Waals surface area contributed by atoms with Gasteiger partial charge in [0.2, 0.25) is 0 Å². The van der Waals surface area contributed by atoms with Crippen molar-refractivity contribution in [3.05, 3.63) is 51.4 Å². The minimum atomic E-state index is -0.110. The van der Waals surface area contributed by atoms with E-state index in [0.29, 0.717) is 17.8 Å². The van der Waals surface area contributed by atoms with Crippen molar-refractivity contribution in [1.29, 1.82) is 0 Å². The van der Waals surface area contributed by atoms with E-state index in [1.807, 2.05) is 18.2 Å². The van der Waals surface area contributed by atoms with Gasteiger partial charge in [-0.1, -0.05) is 11.2 Å². The van der Waals surface area contributed by atoms with E-state index in [1.54, 1.807) is 12.1 Å². The molecule has 0 radical (unpaired) electrons. The molecule has 2 rings (SSSR count). The number of hydrogen-bond donors (Lipinski definition) is 1. The number of amides is 1. The van der Waals surface area contributed by atoms with E-state index in [-0.39, 0.29) is 5.91 Å². The van der Waals surface area contributed by atoms with Gasteiger partial charge in [-0.25, -0.2) is 0 Å². The lowest BCUT2D eigenvalue weighted by atomic mass is 10.2. The first kappa shape index (κ1) is 11.1. The first-order valence-electron chi connectivity index (χ1n) is 4.69. The number of rotatable bonds is 3. The van der Waals surface area contributed by atoms with E-state index in [0.717, 1.165) is 3.57 Å². The number of nitrogens with one attached hydrogen (secondary N) is 1. The van der Waals surface area contributed by atoms with Crippen LogP contribution in [0.4, 0.5) is 0 Å². The SMILES string of the molecule is O=C(NCc1ccon1)c1cccc(I)c1. The Kier molecular flexibility index (Phi) is 3.55. The number of carbonyl (C=O) groups is 1. The Morgan fingerprint density at radius 3 is 3.00 bits per heavy atom. The van der Waals surface area contributed by atoms with Crippen molar-refractivity contribution in [2.24, 2.45) is 0 Å². The summed E-state index contributed by atoms with van der Waals surface area (Å²) in [4.78, 5) is 11.7. The quantitative estimate of drug-likeness (QED) is 0.879. The summed E-state index contributed by atoms with van der Waals surface area (Å²) in [6.07, 6.45) is 1.48. The maximum absolute atomic E-state index is 11.7. The van der Waals surface area contributed by atoms with Gasteiger partial charge in [0.1, 0.15) is 12.0 Å². The van der Waals surface area contributed by atoms with Crippen molar-refractivity contribution in [2.75, 3.05) is 0 Å². The first-order valence-corrected chi connectivity index (χ1v) is 5.76. The molecule has 0 bridgehead atoms. The average molecular weight is 328 g/mol. The Hall–Kier alpha value is -1.37. The molecule has 0 aliphatic rings. The highest BCUT2D eigenvalue weighted by molar-refractivity contribution is 14.1. The molecule has 1 amide bonds. The normalized spacial score (nSPS) is 10.1. The topological polar surface area (TPSA) is 55.1 Å². The molecule has 4 nitrogen and oxygen atoms in total. The van der Waals surface area contributed by atoms with E-state index in [9.17, 15) is 4.79 Å². The van der Waals surface area contributed by atoms with E-state index in [1.165, 1.54) is 6.26 Å². The second kappa shape index (κ2) is 5.11. The monoisotopic (exact) mass is 328 g/mol. The average Bonchev–Trinajstić information content (AvgIpc) is 2.78. The molecule has 0 unspecified atom stereocenters. The van der Waals surface area contributed by atoms with Gasteiger partial charge in [-0.05, 0) is 40.8 Å². The van der Waals surface area contributed by atoms with Gasteiger partial charge < -0.3 is 9.84 Å². The zero-order chi connectivity index (χ0) is 11.4. The molecule has 0 saturated heterocycles. The van der Waals surface area contributed by atoms with Crippen LogP contribution in [0.15, 0.2) is 41.1 Å². The van der Waals surface area contributed by atoms with Crippen LogP contribution < -0.4 is 5.32 Å². The van der Waals surface area contributed by atoms with E-state index in [2.05, 4.69) is 37.6 Å². The second-order valence-electron chi connectivity index (χ2n) is 3.18. The van der Waals surface area contributed by atoms with Gasteiger partial charge in [-0.2, -0.15) is 0 Å². The van der Waals surface area contributed by atoms with Crippen LogP contribution in [0, 0.1) is 3.57 Å². The van der Waals surface area contributed by atoms with Gasteiger partial charge in [-0.15, -0.1) is 0 Å². The molecule has 5 heteroatoms. The molecular weight excluding hydrogens is 319 g/mol. The van der Waals surface area contributed by atoms with E-state index < -0.39 is 0 Å². The number of nitrogens with zero attached hydrogens (tertiary/aromatic N) is 1. The fraction of sp³-hybridized carbons (Fsp3) is 0.0909. The van der Waals surface area contributed by atoms with E-state index in [4.69, 9.17) is 0 Å². The Morgan fingerprint density at radius 1 is 1.44 bits per heavy atom. The molecule has 1 heterocycles. The van der Waals surface area contributed by atoms with Crippen LogP contribution in [0.25, 0.3) is 0 Å². The van der Waals surface area contributed by atoms with Crippen LogP contribution in [-0.4, -0.2) is 11.1 Å². The van der Waals surface area contributed by atoms with Gasteiger partial charge in [0, 0.05) is 15.2 Å². The third-order valence-electron chi connectivity index (χ3n) is 2.01. The molecular formula is C11H9IN2O2. The van der Waals surface area contributed by atoms with Crippen LogP contribution in [-0.2, 0) is 6.54 Å². The van der Waals surface area contributed by atoms with Crippen molar-refractivity contribution < 1.29 is 9.32 Å². The molecule has 0 aliphatic heterocycles. The van der Waals surface area contributed by atoms with Crippen LogP contribution in [0.3, 0.4) is 0 Å². The molecule has 0 spiro atoms. The van der Waals surface area contributed by atoms with Crippen molar-refractivity contribution >= 4 is 28.5 Å². The maximum Gasteiger partial charge on any atom is 0.251 e. The Morgan fingerprint density at radius 2 is 2.31 bits per heavy atom. The minimum absolute atomic E-state index is 0.110. The number of aromatic nitrogens is 1. The van der Waals surface area contributed by atoms with Crippen molar-refractivity contribution in [3.8, 4) is 0 Å².